The number of carbonyl (C=O) groups is 1. The molecule has 0 spiro atoms. The molecular weight excluding hydrogens is 260 g/mol. The quantitative estimate of drug-likeness (QED) is 0.316. The third-order valence-corrected chi connectivity index (χ3v) is 3.00. The second kappa shape index (κ2) is 6.95. The monoisotopic (exact) mass is 282 g/mol. The molecule has 0 bridgehead atoms. The van der Waals surface area contributed by atoms with E-state index in [0.717, 1.165) is 6.42 Å². The molecule has 1 aromatic rings. The van der Waals surface area contributed by atoms with Crippen LogP contribution < -0.4 is 11.4 Å². The number of carbonyl (C=O) groups excluding carboxylic acids is 1. The van der Waals surface area contributed by atoms with Gasteiger partial charge in [-0.15, -0.1) is 0 Å². The van der Waals surface area contributed by atoms with Crippen molar-refractivity contribution < 1.29 is 14.6 Å². The number of hydrogen-bond acceptors (Lipinski definition) is 6. The van der Waals surface area contributed by atoms with E-state index in [1.165, 1.54) is 0 Å². The van der Waals surface area contributed by atoms with Gasteiger partial charge in [0.15, 0.2) is 5.75 Å². The van der Waals surface area contributed by atoms with E-state index in [2.05, 4.69) is 10.6 Å². The highest BCUT2D eigenvalue weighted by Crippen LogP contribution is 2.31. The number of nitrogens with zero attached hydrogens (tertiary/aromatic N) is 2. The molecule has 7 nitrogen and oxygen atoms in total. The van der Waals surface area contributed by atoms with Gasteiger partial charge in [-0.25, -0.2) is 16.2 Å². The van der Waals surface area contributed by atoms with Crippen LogP contribution in [-0.4, -0.2) is 28.0 Å². The number of ether oxygens (including phenoxy) is 1. The molecule has 0 aliphatic heterocycles. The van der Waals surface area contributed by atoms with Crippen molar-refractivity contribution in [3.63, 3.8) is 0 Å². The van der Waals surface area contributed by atoms with Crippen LogP contribution >= 0.6 is 0 Å². The smallest absolute Gasteiger partial charge is 0.343 e. The van der Waals surface area contributed by atoms with Crippen LogP contribution in [0.15, 0.2) is 5.10 Å². The van der Waals surface area contributed by atoms with E-state index >= 15 is 0 Å². The summed E-state index contributed by atoms with van der Waals surface area (Å²) in [6.45, 7) is 8.12. The van der Waals surface area contributed by atoms with Crippen LogP contribution in [0.3, 0.4) is 0 Å². The molecule has 0 saturated carbocycles. The zero-order chi connectivity index (χ0) is 15.3. The average molecular weight is 282 g/mol. The number of rotatable bonds is 6. The van der Waals surface area contributed by atoms with Crippen molar-refractivity contribution in [1.29, 1.82) is 0 Å². The lowest BCUT2D eigenvalue weighted by Gasteiger charge is -2.09. The van der Waals surface area contributed by atoms with E-state index in [9.17, 15) is 9.90 Å². The number of nitrogens with one attached hydrogen (secondary N) is 1. The molecule has 0 fully saturated rings. The van der Waals surface area contributed by atoms with Crippen LogP contribution in [-0.2, 0) is 11.3 Å². The second-order valence-electron chi connectivity index (χ2n) is 4.36. The van der Waals surface area contributed by atoms with Crippen LogP contribution in [0.25, 0.3) is 0 Å². The molecule has 0 amide bonds. The fraction of sp³-hybridized carbons (Fsp3) is 0.538. The summed E-state index contributed by atoms with van der Waals surface area (Å²) in [5.74, 6) is 4.52. The predicted molar refractivity (Wildman–Crippen MR) is 76.6 cm³/mol. The number of nitrogens with two attached hydrogens (primary N) is 1. The number of aromatic nitrogens is 1. The maximum atomic E-state index is 12.0. The van der Waals surface area contributed by atoms with E-state index in [4.69, 9.17) is 10.6 Å². The maximum Gasteiger partial charge on any atom is 0.343 e. The van der Waals surface area contributed by atoms with E-state index in [1.54, 1.807) is 20.8 Å². The predicted octanol–water partition coefficient (Wildman–Crippen LogP) is 1.28. The summed E-state index contributed by atoms with van der Waals surface area (Å²) >= 11 is 0. The van der Waals surface area contributed by atoms with Gasteiger partial charge in [-0.1, -0.05) is 6.92 Å². The van der Waals surface area contributed by atoms with Crippen molar-refractivity contribution >= 4 is 11.7 Å². The fourth-order valence-corrected chi connectivity index (χ4v) is 2.19. The fourth-order valence-electron chi connectivity index (χ4n) is 2.19. The first-order chi connectivity index (χ1) is 9.49. The molecule has 0 unspecified atom stereocenters. The molecule has 7 heteroatoms. The Labute approximate surface area is 118 Å². The molecular formula is C13H22N4O3. The van der Waals surface area contributed by atoms with Crippen LogP contribution in [0.5, 0.6) is 5.75 Å². The van der Waals surface area contributed by atoms with Crippen molar-refractivity contribution in [2.75, 3.05) is 6.61 Å². The highest BCUT2D eigenvalue weighted by molar-refractivity contribution is 6.05. The number of hydrogen-bond donors (Lipinski definition) is 3. The van der Waals surface area contributed by atoms with Gasteiger partial charge in [0.2, 0.25) is 0 Å². The van der Waals surface area contributed by atoms with Crippen molar-refractivity contribution in [1.82, 2.24) is 10.1 Å². The molecule has 1 aromatic heterocycles. The minimum absolute atomic E-state index is 0.120. The Morgan fingerprint density at radius 2 is 2.15 bits per heavy atom. The summed E-state index contributed by atoms with van der Waals surface area (Å²) in [6, 6.07) is 0. The first-order valence-electron chi connectivity index (χ1n) is 6.58. The Balaban J connectivity index is 3.46. The molecule has 20 heavy (non-hydrogen) atoms. The summed E-state index contributed by atoms with van der Waals surface area (Å²) < 4.78 is 6.83. The van der Waals surface area contributed by atoms with E-state index < -0.39 is 5.97 Å². The molecule has 0 saturated heterocycles. The Kier molecular flexibility index (Phi) is 5.57. The summed E-state index contributed by atoms with van der Waals surface area (Å²) in [7, 11) is 0. The Hall–Kier alpha value is -2.02. The Bertz CT molecular complexity index is 520. The Morgan fingerprint density at radius 3 is 2.65 bits per heavy atom. The average Bonchev–Trinajstić information content (AvgIpc) is 2.62. The van der Waals surface area contributed by atoms with Crippen molar-refractivity contribution in [2.45, 2.75) is 40.7 Å². The van der Waals surface area contributed by atoms with Crippen molar-refractivity contribution in [2.24, 2.45) is 10.9 Å². The standard InChI is InChI=1S/C13H22N4O3/c1-5-7-17-9(4)10(13(19)20-6-2)12(18)11(17)8(3)15-16-14/h16,18H,5-7,14H2,1-4H3/b15-8+. The van der Waals surface area contributed by atoms with Gasteiger partial charge < -0.3 is 14.4 Å². The van der Waals surface area contributed by atoms with Crippen molar-refractivity contribution in [3.05, 3.63) is 17.0 Å². The zero-order valence-electron chi connectivity index (χ0n) is 12.4. The molecule has 0 aliphatic rings. The number of hydrazine groups is 1. The minimum atomic E-state index is -0.535. The normalized spacial score (nSPS) is 11.6. The highest BCUT2D eigenvalue weighted by atomic mass is 16.5. The third kappa shape index (κ3) is 2.93. The molecule has 112 valence electrons. The molecule has 0 aliphatic carbocycles. The van der Waals surface area contributed by atoms with Gasteiger partial charge in [-0.05, 0) is 27.2 Å². The van der Waals surface area contributed by atoms with Gasteiger partial charge in [0.05, 0.1) is 12.3 Å². The minimum Gasteiger partial charge on any atom is -0.505 e. The first kappa shape index (κ1) is 16.0. The molecule has 1 rings (SSSR count). The second-order valence-corrected chi connectivity index (χ2v) is 4.36. The summed E-state index contributed by atoms with van der Waals surface area (Å²) in [5.41, 5.74) is 4.01. The topological polar surface area (TPSA) is 102 Å². The third-order valence-electron chi connectivity index (χ3n) is 3.00. The van der Waals surface area contributed by atoms with Gasteiger partial charge in [0, 0.05) is 12.2 Å². The maximum absolute atomic E-state index is 12.0. The van der Waals surface area contributed by atoms with Crippen LogP contribution in [0.2, 0.25) is 0 Å². The van der Waals surface area contributed by atoms with Gasteiger partial charge in [0.25, 0.3) is 0 Å². The van der Waals surface area contributed by atoms with Gasteiger partial charge in [-0.3, -0.25) is 0 Å². The van der Waals surface area contributed by atoms with Gasteiger partial charge >= 0.3 is 5.97 Å². The molecule has 0 radical (unpaired) electrons. The zero-order valence-corrected chi connectivity index (χ0v) is 12.4. The van der Waals surface area contributed by atoms with Crippen LogP contribution in [0, 0.1) is 6.92 Å². The number of aromatic hydroxyl groups is 1. The molecule has 1 heterocycles. The molecule has 0 atom stereocenters. The van der Waals surface area contributed by atoms with Crippen LogP contribution in [0.4, 0.5) is 0 Å². The summed E-state index contributed by atoms with van der Waals surface area (Å²) in [6.07, 6.45) is 0.855. The van der Waals surface area contributed by atoms with E-state index in [0.29, 0.717) is 23.6 Å². The van der Waals surface area contributed by atoms with E-state index in [1.807, 2.05) is 11.5 Å². The Morgan fingerprint density at radius 1 is 1.50 bits per heavy atom. The molecule has 4 N–H and O–H groups in total. The largest absolute Gasteiger partial charge is 0.505 e. The lowest BCUT2D eigenvalue weighted by atomic mass is 10.2. The van der Waals surface area contributed by atoms with E-state index in [-0.39, 0.29) is 17.9 Å². The van der Waals surface area contributed by atoms with Gasteiger partial charge in [0.1, 0.15) is 11.3 Å². The number of esters is 1. The number of hydrazone groups is 1. The lowest BCUT2D eigenvalue weighted by Crippen LogP contribution is -2.18. The SMILES string of the molecule is CCCn1c(C)c(C(=O)OCC)c(O)c1/C(C)=N/NN. The van der Waals surface area contributed by atoms with Crippen LogP contribution in [0.1, 0.15) is 48.9 Å². The lowest BCUT2D eigenvalue weighted by molar-refractivity contribution is 0.0522. The van der Waals surface area contributed by atoms with Crippen molar-refractivity contribution in [3.8, 4) is 5.75 Å². The molecule has 0 aromatic carbocycles. The summed E-state index contributed by atoms with van der Waals surface area (Å²) in [4.78, 5) is 12.0. The summed E-state index contributed by atoms with van der Waals surface area (Å²) in [5, 5.41) is 14.2. The highest BCUT2D eigenvalue weighted by Gasteiger charge is 2.26. The van der Waals surface area contributed by atoms with Gasteiger partial charge in [-0.2, -0.15) is 5.10 Å². The first-order valence-corrected chi connectivity index (χ1v) is 6.58.